The Morgan fingerprint density at radius 2 is 1.31 bits per heavy atom. The van der Waals surface area contributed by atoms with Gasteiger partial charge >= 0.3 is 0 Å². The van der Waals surface area contributed by atoms with Crippen LogP contribution in [0, 0.1) is 13.8 Å². The molecule has 0 unspecified atom stereocenters. The van der Waals surface area contributed by atoms with Crippen LogP contribution in [0.2, 0.25) is 0 Å². The third kappa shape index (κ3) is 7.39. The summed E-state index contributed by atoms with van der Waals surface area (Å²) < 4.78 is 0. The number of isocyanates is 2. The quantitative estimate of drug-likeness (QED) is 0.442. The van der Waals surface area contributed by atoms with E-state index in [1.807, 2.05) is 0 Å². The van der Waals surface area contributed by atoms with Crippen LogP contribution in [-0.4, -0.2) is 25.2 Å². The van der Waals surface area contributed by atoms with Crippen molar-refractivity contribution in [3.63, 3.8) is 0 Å². The van der Waals surface area contributed by atoms with Gasteiger partial charge in [0, 0.05) is 0 Å². The van der Waals surface area contributed by atoms with Gasteiger partial charge in [0.1, 0.15) is 0 Å². The molecule has 16 heavy (non-hydrogen) atoms. The highest BCUT2D eigenvalue weighted by Crippen LogP contribution is 2.02. The van der Waals surface area contributed by atoms with Crippen LogP contribution in [0.15, 0.2) is 34.3 Å². The van der Waals surface area contributed by atoms with Crippen molar-refractivity contribution in [2.24, 2.45) is 9.98 Å². The zero-order chi connectivity index (χ0) is 12.2. The topological polar surface area (TPSA) is 58.9 Å². The molecule has 0 N–H and O–H groups in total. The molecule has 4 nitrogen and oxygen atoms in total. The molecule has 0 bridgehead atoms. The fourth-order valence-electron chi connectivity index (χ4n) is 0.854. The zero-order valence-corrected chi connectivity index (χ0v) is 9.43. The molecule has 0 radical (unpaired) electrons. The number of carbonyl (C=O) groups excluding carboxylic acids is 2. The molecule has 1 aromatic carbocycles. The Kier molecular flexibility index (Phi) is 8.33. The maximum atomic E-state index is 9.34. The molecule has 0 spiro atoms. The summed E-state index contributed by atoms with van der Waals surface area (Å²) in [5.41, 5.74) is 2.74. The van der Waals surface area contributed by atoms with Crippen LogP contribution in [0.5, 0.6) is 0 Å². The summed E-state index contributed by atoms with van der Waals surface area (Å²) in [6, 6.07) is 8.36. The predicted molar refractivity (Wildman–Crippen MR) is 61.9 cm³/mol. The Morgan fingerprint density at radius 1 is 0.938 bits per heavy atom. The maximum absolute atomic E-state index is 9.34. The lowest BCUT2D eigenvalue weighted by Gasteiger charge is -1.93. The number of nitrogens with zero attached hydrogens (tertiary/aromatic N) is 2. The molecule has 0 atom stereocenters. The van der Waals surface area contributed by atoms with Crippen LogP contribution in [0.1, 0.15) is 11.1 Å². The molecule has 0 aromatic heterocycles. The van der Waals surface area contributed by atoms with Crippen LogP contribution in [0.25, 0.3) is 0 Å². The van der Waals surface area contributed by atoms with Crippen LogP contribution >= 0.6 is 0 Å². The molecular formula is C12H14N2O2. The summed E-state index contributed by atoms with van der Waals surface area (Å²) in [5, 5.41) is 0. The summed E-state index contributed by atoms with van der Waals surface area (Å²) in [6.07, 6.45) is 2.62. The minimum absolute atomic E-state index is 0.221. The van der Waals surface area contributed by atoms with Crippen molar-refractivity contribution in [2.45, 2.75) is 13.8 Å². The first-order chi connectivity index (χ1) is 7.72. The van der Waals surface area contributed by atoms with E-state index in [9.17, 15) is 9.59 Å². The minimum atomic E-state index is 0.221. The maximum Gasteiger partial charge on any atom is 0.235 e. The van der Waals surface area contributed by atoms with E-state index in [0.717, 1.165) is 0 Å². The van der Waals surface area contributed by atoms with Gasteiger partial charge in [-0.3, -0.25) is 0 Å². The lowest BCUT2D eigenvalue weighted by Crippen LogP contribution is -1.82. The Bertz CT molecular complexity index is 364. The van der Waals surface area contributed by atoms with E-state index >= 15 is 0 Å². The molecule has 0 aliphatic rings. The molecule has 1 aromatic rings. The number of aliphatic imine (C=N–C) groups is 2. The Labute approximate surface area is 94.7 Å². The molecule has 0 heterocycles. The van der Waals surface area contributed by atoms with E-state index in [1.54, 1.807) is 0 Å². The van der Waals surface area contributed by atoms with Crippen LogP contribution in [0.3, 0.4) is 0 Å². The average molecular weight is 218 g/mol. The molecular weight excluding hydrogens is 204 g/mol. The molecule has 84 valence electrons. The predicted octanol–water partition coefficient (Wildman–Crippen LogP) is 1.96. The average Bonchev–Trinajstić information content (AvgIpc) is 2.30. The SMILES string of the molecule is Cc1ccccc1C.O=C=NCCN=C=O. The number of hydrogen-bond donors (Lipinski definition) is 0. The van der Waals surface area contributed by atoms with Crippen LogP contribution in [0.4, 0.5) is 0 Å². The number of benzene rings is 1. The van der Waals surface area contributed by atoms with Gasteiger partial charge in [0.15, 0.2) is 0 Å². The van der Waals surface area contributed by atoms with Gasteiger partial charge in [0.05, 0.1) is 13.1 Å². The standard InChI is InChI=1S/C8H10.C4H4N2O2/c1-7-5-3-4-6-8(7)2;7-3-5-1-2-6-4-8/h3-6H,1-2H3;1-2H2. The first-order valence-corrected chi connectivity index (χ1v) is 4.82. The second-order valence-electron chi connectivity index (χ2n) is 3.03. The lowest BCUT2D eigenvalue weighted by molar-refractivity contribution is 0.560. The molecule has 0 aliphatic heterocycles. The van der Waals surface area contributed by atoms with Crippen molar-refractivity contribution in [2.75, 3.05) is 13.1 Å². The van der Waals surface area contributed by atoms with Crippen LogP contribution in [-0.2, 0) is 9.59 Å². The van der Waals surface area contributed by atoms with Gasteiger partial charge in [0.2, 0.25) is 12.2 Å². The molecule has 0 saturated carbocycles. The first-order valence-electron chi connectivity index (χ1n) is 4.82. The summed E-state index contributed by atoms with van der Waals surface area (Å²) in [5.74, 6) is 0. The van der Waals surface area contributed by atoms with Crippen molar-refractivity contribution in [1.29, 1.82) is 0 Å². The summed E-state index contributed by atoms with van der Waals surface area (Å²) in [7, 11) is 0. The molecule has 1 rings (SSSR count). The number of aryl methyl sites for hydroxylation is 2. The van der Waals surface area contributed by atoms with Crippen LogP contribution < -0.4 is 0 Å². The van der Waals surface area contributed by atoms with E-state index in [4.69, 9.17) is 0 Å². The largest absolute Gasteiger partial charge is 0.235 e. The zero-order valence-electron chi connectivity index (χ0n) is 9.43. The van der Waals surface area contributed by atoms with E-state index in [0.29, 0.717) is 0 Å². The highest BCUT2D eigenvalue weighted by atomic mass is 16.1. The van der Waals surface area contributed by atoms with E-state index in [1.165, 1.54) is 23.3 Å². The highest BCUT2D eigenvalue weighted by Gasteiger charge is 1.83. The molecule has 0 fully saturated rings. The summed E-state index contributed by atoms with van der Waals surface area (Å²) in [6.45, 7) is 4.68. The van der Waals surface area contributed by atoms with E-state index in [-0.39, 0.29) is 13.1 Å². The summed E-state index contributed by atoms with van der Waals surface area (Å²) in [4.78, 5) is 24.9. The Balaban J connectivity index is 0.000000281. The molecule has 0 aliphatic carbocycles. The second kappa shape index (κ2) is 9.53. The molecule has 4 heteroatoms. The molecule has 0 amide bonds. The normalized spacial score (nSPS) is 7.88. The van der Waals surface area contributed by atoms with E-state index in [2.05, 4.69) is 48.1 Å². The van der Waals surface area contributed by atoms with Gasteiger partial charge in [-0.2, -0.15) is 0 Å². The van der Waals surface area contributed by atoms with Crippen molar-refractivity contribution in [3.8, 4) is 0 Å². The van der Waals surface area contributed by atoms with Gasteiger partial charge in [0.25, 0.3) is 0 Å². The fourth-order valence-corrected chi connectivity index (χ4v) is 0.854. The van der Waals surface area contributed by atoms with Crippen molar-refractivity contribution >= 4 is 12.2 Å². The second-order valence-corrected chi connectivity index (χ2v) is 3.03. The smallest absolute Gasteiger partial charge is 0.211 e. The summed E-state index contributed by atoms with van der Waals surface area (Å²) >= 11 is 0. The van der Waals surface area contributed by atoms with E-state index < -0.39 is 0 Å². The Hall–Kier alpha value is -2.02. The minimum Gasteiger partial charge on any atom is -0.211 e. The number of rotatable bonds is 3. The fraction of sp³-hybridized carbons (Fsp3) is 0.333. The number of hydrogen-bond acceptors (Lipinski definition) is 4. The van der Waals surface area contributed by atoms with Crippen molar-refractivity contribution < 1.29 is 9.59 Å². The highest BCUT2D eigenvalue weighted by molar-refractivity contribution is 5.34. The van der Waals surface area contributed by atoms with Gasteiger partial charge < -0.3 is 0 Å². The van der Waals surface area contributed by atoms with Gasteiger partial charge in [-0.15, -0.1) is 0 Å². The van der Waals surface area contributed by atoms with Gasteiger partial charge in [-0.25, -0.2) is 19.6 Å². The first kappa shape index (κ1) is 14.0. The monoisotopic (exact) mass is 218 g/mol. The Morgan fingerprint density at radius 3 is 1.56 bits per heavy atom. The van der Waals surface area contributed by atoms with Crippen molar-refractivity contribution in [3.05, 3.63) is 35.4 Å². The van der Waals surface area contributed by atoms with Crippen molar-refractivity contribution in [1.82, 2.24) is 0 Å². The molecule has 0 saturated heterocycles. The lowest BCUT2D eigenvalue weighted by atomic mass is 10.1. The third-order valence-corrected chi connectivity index (χ3v) is 1.88. The third-order valence-electron chi connectivity index (χ3n) is 1.88. The van der Waals surface area contributed by atoms with Gasteiger partial charge in [-0.1, -0.05) is 24.3 Å². The van der Waals surface area contributed by atoms with Gasteiger partial charge in [-0.05, 0) is 25.0 Å².